The monoisotopic (exact) mass is 323 g/mol. The second-order valence-corrected chi connectivity index (χ2v) is 7.31. The predicted molar refractivity (Wildman–Crippen MR) is 79.5 cm³/mol. The van der Waals surface area contributed by atoms with Crippen LogP contribution >= 0.6 is 11.6 Å². The van der Waals surface area contributed by atoms with E-state index in [4.69, 9.17) is 11.6 Å². The van der Waals surface area contributed by atoms with Gasteiger partial charge in [-0.15, -0.1) is 0 Å². The Hall–Kier alpha value is -1.50. The molecule has 1 aromatic heterocycles. The van der Waals surface area contributed by atoms with E-state index in [0.717, 1.165) is 11.3 Å². The highest BCUT2D eigenvalue weighted by Gasteiger charge is 2.29. The summed E-state index contributed by atoms with van der Waals surface area (Å²) in [6.45, 7) is 2.54. The van der Waals surface area contributed by atoms with E-state index < -0.39 is 10.0 Å². The molecule has 1 aliphatic heterocycles. The normalized spacial score (nSPS) is 15.7. The van der Waals surface area contributed by atoms with E-state index in [1.807, 2.05) is 6.92 Å². The van der Waals surface area contributed by atoms with Crippen LogP contribution in [-0.4, -0.2) is 29.2 Å². The average molecular weight is 324 g/mol. The molecule has 0 aliphatic carbocycles. The molecule has 0 radical (unpaired) electrons. The number of rotatable bonds is 2. The molecule has 1 aromatic carbocycles. The van der Waals surface area contributed by atoms with Crippen LogP contribution in [0.5, 0.6) is 0 Å². The minimum absolute atomic E-state index is 0.214. The number of hydrogen-bond acceptors (Lipinski definition) is 4. The smallest absolute Gasteiger partial charge is 0.241 e. The number of halogens is 1. The zero-order valence-electron chi connectivity index (χ0n) is 11.5. The van der Waals surface area contributed by atoms with E-state index in [9.17, 15) is 8.42 Å². The maximum Gasteiger partial charge on any atom is 0.243 e. The fraction of sp³-hybridized carbons (Fsp3) is 0.286. The zero-order chi connectivity index (χ0) is 15.0. The summed E-state index contributed by atoms with van der Waals surface area (Å²) in [5, 5.41) is 0.410. The third-order valence-electron chi connectivity index (χ3n) is 3.45. The van der Waals surface area contributed by atoms with Gasteiger partial charge in [-0.3, -0.25) is 0 Å². The van der Waals surface area contributed by atoms with Crippen LogP contribution in [0, 0.1) is 6.92 Å². The topological polar surface area (TPSA) is 63.2 Å². The van der Waals surface area contributed by atoms with Crippen LogP contribution < -0.4 is 0 Å². The predicted octanol–water partition coefficient (Wildman–Crippen LogP) is 2.19. The molecular weight excluding hydrogens is 310 g/mol. The molecule has 21 heavy (non-hydrogen) atoms. The van der Waals surface area contributed by atoms with Gasteiger partial charge in [0.15, 0.2) is 0 Å². The van der Waals surface area contributed by atoms with E-state index in [2.05, 4.69) is 9.97 Å². The first kappa shape index (κ1) is 14.4. The number of hydrogen-bond donors (Lipinski definition) is 0. The molecule has 3 rings (SSSR count). The van der Waals surface area contributed by atoms with Gasteiger partial charge < -0.3 is 0 Å². The molecule has 7 heteroatoms. The quantitative estimate of drug-likeness (QED) is 0.850. The number of benzene rings is 1. The number of aromatic nitrogens is 2. The molecule has 110 valence electrons. The van der Waals surface area contributed by atoms with E-state index >= 15 is 0 Å². The summed E-state index contributed by atoms with van der Waals surface area (Å²) in [6.07, 6.45) is 2.30. The van der Waals surface area contributed by atoms with Gasteiger partial charge in [-0.25, -0.2) is 18.4 Å². The summed E-state index contributed by atoms with van der Waals surface area (Å²) in [5.41, 5.74) is 1.79. The summed E-state index contributed by atoms with van der Waals surface area (Å²) in [7, 11) is -3.54. The SMILES string of the molecule is Cc1ncc2c(n1)CCN(S(=O)(=O)c1cccc(Cl)c1)C2. The zero-order valence-corrected chi connectivity index (χ0v) is 13.0. The highest BCUT2D eigenvalue weighted by molar-refractivity contribution is 7.89. The van der Waals surface area contributed by atoms with Gasteiger partial charge in [0.25, 0.3) is 0 Å². The van der Waals surface area contributed by atoms with Gasteiger partial charge in [0.1, 0.15) is 5.82 Å². The minimum atomic E-state index is -3.54. The molecule has 0 N–H and O–H groups in total. The Kier molecular flexibility index (Phi) is 3.69. The first-order chi connectivity index (χ1) is 9.96. The van der Waals surface area contributed by atoms with Crippen molar-refractivity contribution in [1.29, 1.82) is 0 Å². The lowest BCUT2D eigenvalue weighted by Gasteiger charge is -2.27. The molecule has 0 atom stereocenters. The summed E-state index contributed by atoms with van der Waals surface area (Å²) in [5.74, 6) is 0.708. The highest BCUT2D eigenvalue weighted by Crippen LogP contribution is 2.25. The van der Waals surface area contributed by atoms with Crippen molar-refractivity contribution in [3.63, 3.8) is 0 Å². The van der Waals surface area contributed by atoms with Crippen LogP contribution in [0.3, 0.4) is 0 Å². The highest BCUT2D eigenvalue weighted by atomic mass is 35.5. The van der Waals surface area contributed by atoms with Crippen molar-refractivity contribution >= 4 is 21.6 Å². The number of sulfonamides is 1. The molecule has 0 bridgehead atoms. The Balaban J connectivity index is 1.93. The van der Waals surface area contributed by atoms with E-state index in [0.29, 0.717) is 30.4 Å². The van der Waals surface area contributed by atoms with Gasteiger partial charge >= 0.3 is 0 Å². The molecule has 2 aromatic rings. The first-order valence-electron chi connectivity index (χ1n) is 6.54. The Labute approximate surface area is 128 Å². The molecule has 0 saturated heterocycles. The molecule has 5 nitrogen and oxygen atoms in total. The lowest BCUT2D eigenvalue weighted by Crippen LogP contribution is -2.36. The van der Waals surface area contributed by atoms with Gasteiger partial charge in [0, 0.05) is 42.0 Å². The molecule has 0 spiro atoms. The third kappa shape index (κ3) is 2.79. The van der Waals surface area contributed by atoms with Gasteiger partial charge in [-0.2, -0.15) is 4.31 Å². The standard InChI is InChI=1S/C14H14ClN3O2S/c1-10-16-8-11-9-18(6-5-14(11)17-10)21(19,20)13-4-2-3-12(15)7-13/h2-4,7-8H,5-6,9H2,1H3. The van der Waals surface area contributed by atoms with Gasteiger partial charge in [-0.05, 0) is 25.1 Å². The van der Waals surface area contributed by atoms with Crippen molar-refractivity contribution in [3.8, 4) is 0 Å². The Morgan fingerprint density at radius 1 is 1.33 bits per heavy atom. The van der Waals surface area contributed by atoms with Crippen LogP contribution in [0.25, 0.3) is 0 Å². The molecule has 1 aliphatic rings. The fourth-order valence-electron chi connectivity index (χ4n) is 2.37. The lowest BCUT2D eigenvalue weighted by atomic mass is 10.1. The van der Waals surface area contributed by atoms with Crippen molar-refractivity contribution in [2.75, 3.05) is 6.54 Å². The largest absolute Gasteiger partial charge is 0.243 e. The van der Waals surface area contributed by atoms with Gasteiger partial charge in [-0.1, -0.05) is 17.7 Å². The Morgan fingerprint density at radius 3 is 2.90 bits per heavy atom. The van der Waals surface area contributed by atoms with Crippen molar-refractivity contribution < 1.29 is 8.42 Å². The second-order valence-electron chi connectivity index (χ2n) is 4.94. The maximum atomic E-state index is 12.6. The third-order valence-corrected chi connectivity index (χ3v) is 5.53. The van der Waals surface area contributed by atoms with Crippen molar-refractivity contribution in [2.24, 2.45) is 0 Å². The van der Waals surface area contributed by atoms with Crippen molar-refractivity contribution in [3.05, 3.63) is 52.6 Å². The fourth-order valence-corrected chi connectivity index (χ4v) is 4.09. The summed E-state index contributed by atoms with van der Waals surface area (Å²) < 4.78 is 26.7. The molecule has 0 unspecified atom stereocenters. The van der Waals surface area contributed by atoms with Crippen LogP contribution in [-0.2, 0) is 23.0 Å². The van der Waals surface area contributed by atoms with Crippen LogP contribution in [0.15, 0.2) is 35.4 Å². The molecular formula is C14H14ClN3O2S. The van der Waals surface area contributed by atoms with Gasteiger partial charge in [0.2, 0.25) is 10.0 Å². The molecule has 2 heterocycles. The van der Waals surface area contributed by atoms with Crippen molar-refractivity contribution in [1.82, 2.24) is 14.3 Å². The second kappa shape index (κ2) is 5.36. The van der Waals surface area contributed by atoms with Crippen LogP contribution in [0.4, 0.5) is 0 Å². The van der Waals surface area contributed by atoms with E-state index in [1.165, 1.54) is 10.4 Å². The molecule has 0 amide bonds. The Morgan fingerprint density at radius 2 is 2.14 bits per heavy atom. The number of nitrogens with zero attached hydrogens (tertiary/aromatic N) is 3. The van der Waals surface area contributed by atoms with Gasteiger partial charge in [0.05, 0.1) is 4.90 Å². The summed E-state index contributed by atoms with van der Waals surface area (Å²) in [6, 6.07) is 6.32. The Bertz CT molecular complexity index is 793. The lowest BCUT2D eigenvalue weighted by molar-refractivity contribution is 0.386. The van der Waals surface area contributed by atoms with Crippen molar-refractivity contribution in [2.45, 2.75) is 24.8 Å². The van der Waals surface area contributed by atoms with Crippen LogP contribution in [0.1, 0.15) is 17.1 Å². The summed E-state index contributed by atoms with van der Waals surface area (Å²) in [4.78, 5) is 8.72. The number of fused-ring (bicyclic) bond motifs is 1. The number of aryl methyl sites for hydroxylation is 1. The summed E-state index contributed by atoms with van der Waals surface area (Å²) >= 11 is 5.89. The molecule has 0 saturated carbocycles. The average Bonchev–Trinajstić information content (AvgIpc) is 2.46. The first-order valence-corrected chi connectivity index (χ1v) is 8.36. The van der Waals surface area contributed by atoms with Crippen LogP contribution in [0.2, 0.25) is 5.02 Å². The van der Waals surface area contributed by atoms with E-state index in [-0.39, 0.29) is 4.90 Å². The van der Waals surface area contributed by atoms with E-state index in [1.54, 1.807) is 24.4 Å². The maximum absolute atomic E-state index is 12.6. The molecule has 0 fully saturated rings. The minimum Gasteiger partial charge on any atom is -0.241 e.